The Labute approximate surface area is 139 Å². The molecule has 0 fully saturated rings. The molecular formula is C18H16N6. The van der Waals surface area contributed by atoms with Gasteiger partial charge < -0.3 is 10.6 Å². The Hall–Kier alpha value is -3.41. The van der Waals surface area contributed by atoms with Crippen LogP contribution in [0.3, 0.4) is 0 Å². The molecular weight excluding hydrogens is 300 g/mol. The van der Waals surface area contributed by atoms with Crippen LogP contribution in [0.25, 0.3) is 16.7 Å². The average molecular weight is 316 g/mol. The lowest BCUT2D eigenvalue weighted by Gasteiger charge is -2.09. The molecule has 6 nitrogen and oxygen atoms in total. The predicted octanol–water partition coefficient (Wildman–Crippen LogP) is 3.60. The number of imidazole rings is 1. The zero-order valence-electron chi connectivity index (χ0n) is 13.1. The number of anilines is 3. The van der Waals surface area contributed by atoms with Crippen molar-refractivity contribution in [1.82, 2.24) is 19.5 Å². The van der Waals surface area contributed by atoms with Crippen molar-refractivity contribution < 1.29 is 0 Å². The monoisotopic (exact) mass is 316 g/mol. The van der Waals surface area contributed by atoms with E-state index in [9.17, 15) is 0 Å². The van der Waals surface area contributed by atoms with Crippen molar-refractivity contribution in [2.24, 2.45) is 0 Å². The van der Waals surface area contributed by atoms with Gasteiger partial charge in [-0.3, -0.25) is 9.55 Å². The van der Waals surface area contributed by atoms with Crippen LogP contribution in [0.4, 0.5) is 17.5 Å². The number of pyridine rings is 2. The Balaban J connectivity index is 1.83. The van der Waals surface area contributed by atoms with Gasteiger partial charge in [0.2, 0.25) is 5.95 Å². The third kappa shape index (κ3) is 2.54. The molecule has 0 saturated carbocycles. The third-order valence-electron chi connectivity index (χ3n) is 3.71. The fourth-order valence-corrected chi connectivity index (χ4v) is 2.64. The van der Waals surface area contributed by atoms with Crippen LogP contribution in [-0.4, -0.2) is 26.6 Å². The zero-order valence-corrected chi connectivity index (χ0v) is 13.1. The molecule has 0 saturated heterocycles. The number of benzene rings is 1. The highest BCUT2D eigenvalue weighted by Gasteiger charge is 2.12. The van der Waals surface area contributed by atoms with Crippen LogP contribution < -0.4 is 10.6 Å². The van der Waals surface area contributed by atoms with Crippen molar-refractivity contribution in [1.29, 1.82) is 0 Å². The highest BCUT2D eigenvalue weighted by atomic mass is 15.2. The Morgan fingerprint density at radius 2 is 1.88 bits per heavy atom. The van der Waals surface area contributed by atoms with Gasteiger partial charge in [-0.25, -0.2) is 9.97 Å². The molecule has 0 amide bonds. The average Bonchev–Trinajstić information content (AvgIpc) is 3.01. The second-order valence-electron chi connectivity index (χ2n) is 5.28. The number of fused-ring (bicyclic) bond motifs is 1. The molecule has 0 atom stereocenters. The number of hydrogen-bond donors (Lipinski definition) is 2. The summed E-state index contributed by atoms with van der Waals surface area (Å²) in [5.74, 6) is 1.52. The Morgan fingerprint density at radius 3 is 2.62 bits per heavy atom. The van der Waals surface area contributed by atoms with E-state index in [2.05, 4.69) is 42.3 Å². The van der Waals surface area contributed by atoms with Crippen molar-refractivity contribution in [2.75, 3.05) is 17.7 Å². The van der Waals surface area contributed by atoms with E-state index < -0.39 is 0 Å². The van der Waals surface area contributed by atoms with Gasteiger partial charge in [0.15, 0.2) is 0 Å². The summed E-state index contributed by atoms with van der Waals surface area (Å²) < 4.78 is 2.07. The Bertz CT molecular complexity index is 963. The molecule has 0 aliphatic rings. The predicted molar refractivity (Wildman–Crippen MR) is 95.9 cm³/mol. The van der Waals surface area contributed by atoms with Crippen LogP contribution in [0.1, 0.15) is 0 Å². The van der Waals surface area contributed by atoms with Gasteiger partial charge in [-0.1, -0.05) is 18.2 Å². The number of rotatable bonds is 4. The smallest absolute Gasteiger partial charge is 0.208 e. The second-order valence-corrected chi connectivity index (χ2v) is 5.28. The van der Waals surface area contributed by atoms with E-state index in [-0.39, 0.29) is 0 Å². The normalized spacial score (nSPS) is 10.7. The summed E-state index contributed by atoms with van der Waals surface area (Å²) in [4.78, 5) is 13.2. The lowest BCUT2D eigenvalue weighted by molar-refractivity contribution is 1.09. The zero-order chi connectivity index (χ0) is 16.4. The van der Waals surface area contributed by atoms with Crippen molar-refractivity contribution in [2.45, 2.75) is 0 Å². The molecule has 24 heavy (non-hydrogen) atoms. The first-order chi connectivity index (χ1) is 11.8. The molecule has 4 rings (SSSR count). The highest BCUT2D eigenvalue weighted by Crippen LogP contribution is 2.26. The number of nitrogens with zero attached hydrogens (tertiary/aromatic N) is 4. The summed E-state index contributed by atoms with van der Waals surface area (Å²) in [5.41, 5.74) is 3.75. The molecule has 1 aromatic carbocycles. The van der Waals surface area contributed by atoms with E-state index in [1.165, 1.54) is 0 Å². The summed E-state index contributed by atoms with van der Waals surface area (Å²) >= 11 is 0. The van der Waals surface area contributed by atoms with Gasteiger partial charge in [0, 0.05) is 25.0 Å². The first-order valence-electron chi connectivity index (χ1n) is 7.64. The van der Waals surface area contributed by atoms with Crippen molar-refractivity contribution >= 4 is 28.5 Å². The summed E-state index contributed by atoms with van der Waals surface area (Å²) in [6, 6.07) is 15.9. The van der Waals surface area contributed by atoms with Gasteiger partial charge in [-0.05, 0) is 24.3 Å². The molecule has 0 radical (unpaired) electrons. The molecule has 118 valence electrons. The van der Waals surface area contributed by atoms with Crippen LogP contribution in [0.5, 0.6) is 0 Å². The summed E-state index contributed by atoms with van der Waals surface area (Å²) in [7, 11) is 1.86. The molecule has 0 unspecified atom stereocenters. The first kappa shape index (κ1) is 14.2. The van der Waals surface area contributed by atoms with Crippen LogP contribution in [0.2, 0.25) is 0 Å². The SMILES string of the molecule is CNc1nc2cnc(Nc3cccnc3)cc2n1-c1ccccc1. The summed E-state index contributed by atoms with van der Waals surface area (Å²) in [5, 5.41) is 6.41. The van der Waals surface area contributed by atoms with E-state index in [0.29, 0.717) is 0 Å². The van der Waals surface area contributed by atoms with Crippen LogP contribution in [-0.2, 0) is 0 Å². The molecule has 0 aliphatic heterocycles. The van der Waals surface area contributed by atoms with Gasteiger partial charge in [-0.15, -0.1) is 0 Å². The lowest BCUT2D eigenvalue weighted by Crippen LogP contribution is -2.01. The molecule has 0 aliphatic carbocycles. The fourth-order valence-electron chi connectivity index (χ4n) is 2.64. The quantitative estimate of drug-likeness (QED) is 0.602. The van der Waals surface area contributed by atoms with Gasteiger partial charge in [0.1, 0.15) is 11.3 Å². The van der Waals surface area contributed by atoms with Gasteiger partial charge in [-0.2, -0.15) is 0 Å². The van der Waals surface area contributed by atoms with E-state index in [0.717, 1.165) is 34.2 Å². The van der Waals surface area contributed by atoms with Crippen LogP contribution in [0, 0.1) is 0 Å². The van der Waals surface area contributed by atoms with Crippen LogP contribution >= 0.6 is 0 Å². The number of para-hydroxylation sites is 1. The maximum Gasteiger partial charge on any atom is 0.208 e. The standard InChI is InChI=1S/C18H16N6/c1-19-18-23-15-12-21-17(22-13-6-5-9-20-11-13)10-16(15)24(18)14-7-3-2-4-8-14/h2-12H,1H3,(H,19,23)(H,21,22). The van der Waals surface area contributed by atoms with E-state index >= 15 is 0 Å². The maximum atomic E-state index is 4.60. The van der Waals surface area contributed by atoms with Crippen molar-refractivity contribution in [3.05, 3.63) is 67.1 Å². The third-order valence-corrected chi connectivity index (χ3v) is 3.71. The maximum absolute atomic E-state index is 4.60. The molecule has 0 spiro atoms. The first-order valence-corrected chi connectivity index (χ1v) is 7.64. The number of aromatic nitrogens is 4. The minimum absolute atomic E-state index is 0.746. The second kappa shape index (κ2) is 6.00. The molecule has 6 heteroatoms. The Kier molecular flexibility index (Phi) is 3.55. The molecule has 0 bridgehead atoms. The van der Waals surface area contributed by atoms with E-state index in [1.54, 1.807) is 18.6 Å². The van der Waals surface area contributed by atoms with Gasteiger partial charge in [0.25, 0.3) is 0 Å². The van der Waals surface area contributed by atoms with E-state index in [4.69, 9.17) is 0 Å². The van der Waals surface area contributed by atoms with Gasteiger partial charge in [0.05, 0.1) is 23.6 Å². The molecule has 4 aromatic rings. The minimum Gasteiger partial charge on any atom is -0.358 e. The molecule has 2 N–H and O–H groups in total. The largest absolute Gasteiger partial charge is 0.358 e. The topological polar surface area (TPSA) is 67.7 Å². The Morgan fingerprint density at radius 1 is 1.00 bits per heavy atom. The molecule has 3 heterocycles. The van der Waals surface area contributed by atoms with Crippen molar-refractivity contribution in [3.8, 4) is 5.69 Å². The minimum atomic E-state index is 0.746. The van der Waals surface area contributed by atoms with Crippen LogP contribution in [0.15, 0.2) is 67.1 Å². The number of nitrogens with one attached hydrogen (secondary N) is 2. The fraction of sp³-hybridized carbons (Fsp3) is 0.0556. The summed E-state index contributed by atoms with van der Waals surface area (Å²) in [6.45, 7) is 0. The molecule has 3 aromatic heterocycles. The highest BCUT2D eigenvalue weighted by molar-refractivity contribution is 5.83. The van der Waals surface area contributed by atoms with E-state index in [1.807, 2.05) is 43.4 Å². The lowest BCUT2D eigenvalue weighted by atomic mass is 10.3. The van der Waals surface area contributed by atoms with Crippen molar-refractivity contribution in [3.63, 3.8) is 0 Å². The summed E-state index contributed by atoms with van der Waals surface area (Å²) in [6.07, 6.45) is 5.28. The number of hydrogen-bond acceptors (Lipinski definition) is 5. The van der Waals surface area contributed by atoms with Gasteiger partial charge >= 0.3 is 0 Å².